The quantitative estimate of drug-likeness (QED) is 0.647. The number of sulfonamides is 1. The van der Waals surface area contributed by atoms with Crippen molar-refractivity contribution in [2.75, 3.05) is 25.5 Å². The Bertz CT molecular complexity index is 1030. The van der Waals surface area contributed by atoms with E-state index in [1.54, 1.807) is 19.2 Å². The SMILES string of the molecule is CCN1CCc2nc(NC(=O)c3ccc(S(=O)(=O)N(C)C4CCCCC4)cc3)sc2C1.Cl. The summed E-state index contributed by atoms with van der Waals surface area (Å²) in [5, 5.41) is 3.47. The van der Waals surface area contributed by atoms with Crippen LogP contribution in [0.2, 0.25) is 0 Å². The van der Waals surface area contributed by atoms with Crippen molar-refractivity contribution in [3.63, 3.8) is 0 Å². The van der Waals surface area contributed by atoms with Gasteiger partial charge in [0.15, 0.2) is 5.13 Å². The molecule has 1 aliphatic carbocycles. The van der Waals surface area contributed by atoms with E-state index < -0.39 is 10.0 Å². The maximum atomic E-state index is 13.0. The highest BCUT2D eigenvalue weighted by Crippen LogP contribution is 2.29. The lowest BCUT2D eigenvalue weighted by Crippen LogP contribution is -2.38. The van der Waals surface area contributed by atoms with E-state index in [1.807, 2.05) is 0 Å². The van der Waals surface area contributed by atoms with Crippen LogP contribution in [0.1, 0.15) is 60.0 Å². The van der Waals surface area contributed by atoms with E-state index >= 15 is 0 Å². The first kappa shape index (κ1) is 25.1. The number of fused-ring (bicyclic) bond motifs is 1. The third-order valence-electron chi connectivity index (χ3n) is 6.36. The maximum Gasteiger partial charge on any atom is 0.257 e. The zero-order chi connectivity index (χ0) is 22.0. The van der Waals surface area contributed by atoms with E-state index in [0.29, 0.717) is 10.7 Å². The van der Waals surface area contributed by atoms with E-state index in [2.05, 4.69) is 22.1 Å². The Morgan fingerprint density at radius 1 is 1.22 bits per heavy atom. The molecule has 4 rings (SSSR count). The Morgan fingerprint density at radius 2 is 1.91 bits per heavy atom. The number of carbonyl (C=O) groups is 1. The second-order valence-corrected chi connectivity index (χ2v) is 11.4. The molecule has 1 amide bonds. The minimum Gasteiger partial charge on any atom is -0.298 e. The molecule has 0 saturated heterocycles. The molecule has 2 aromatic rings. The molecule has 1 saturated carbocycles. The Morgan fingerprint density at radius 3 is 2.56 bits per heavy atom. The zero-order valence-electron chi connectivity index (χ0n) is 18.5. The number of amides is 1. The molecule has 0 radical (unpaired) electrons. The van der Waals surface area contributed by atoms with Gasteiger partial charge in [-0.25, -0.2) is 13.4 Å². The molecule has 0 bridgehead atoms. The van der Waals surface area contributed by atoms with Crippen LogP contribution in [-0.2, 0) is 23.0 Å². The summed E-state index contributed by atoms with van der Waals surface area (Å²) in [6.07, 6.45) is 6.03. The second kappa shape index (κ2) is 10.6. The van der Waals surface area contributed by atoms with Gasteiger partial charge in [0.05, 0.1) is 10.6 Å². The number of anilines is 1. The summed E-state index contributed by atoms with van der Waals surface area (Å²) < 4.78 is 27.5. The Balaban J connectivity index is 0.00000289. The van der Waals surface area contributed by atoms with Gasteiger partial charge in [-0.3, -0.25) is 15.0 Å². The molecular weight excluding hydrogens is 468 g/mol. The highest BCUT2D eigenvalue weighted by molar-refractivity contribution is 7.89. The largest absolute Gasteiger partial charge is 0.298 e. The number of benzene rings is 1. The number of thiazole rings is 1. The normalized spacial score (nSPS) is 17.6. The summed E-state index contributed by atoms with van der Waals surface area (Å²) >= 11 is 1.52. The molecule has 176 valence electrons. The van der Waals surface area contributed by atoms with Crippen molar-refractivity contribution in [3.05, 3.63) is 40.4 Å². The Labute approximate surface area is 200 Å². The lowest BCUT2D eigenvalue weighted by Gasteiger charge is -2.30. The summed E-state index contributed by atoms with van der Waals surface area (Å²) in [7, 11) is -1.90. The molecule has 1 fully saturated rings. The maximum absolute atomic E-state index is 13.0. The molecule has 0 unspecified atom stereocenters. The van der Waals surface area contributed by atoms with E-state index in [1.165, 1.54) is 39.1 Å². The van der Waals surface area contributed by atoms with Gasteiger partial charge in [-0.15, -0.1) is 23.7 Å². The zero-order valence-corrected chi connectivity index (χ0v) is 21.0. The van der Waals surface area contributed by atoms with Crippen LogP contribution >= 0.6 is 23.7 Å². The third-order valence-corrected chi connectivity index (χ3v) is 9.28. The van der Waals surface area contributed by atoms with Crippen molar-refractivity contribution in [2.45, 2.75) is 62.9 Å². The molecule has 1 aromatic heterocycles. The molecule has 1 aromatic carbocycles. The highest BCUT2D eigenvalue weighted by atomic mass is 35.5. The third kappa shape index (κ3) is 5.34. The molecule has 2 heterocycles. The van der Waals surface area contributed by atoms with Crippen molar-refractivity contribution in [2.24, 2.45) is 0 Å². The van der Waals surface area contributed by atoms with Gasteiger partial charge >= 0.3 is 0 Å². The molecule has 32 heavy (non-hydrogen) atoms. The number of aromatic nitrogens is 1. The number of likely N-dealkylation sites (N-methyl/N-ethyl adjacent to an activating group) is 1. The number of nitrogens with zero attached hydrogens (tertiary/aromatic N) is 3. The second-order valence-electron chi connectivity index (χ2n) is 8.30. The van der Waals surface area contributed by atoms with Gasteiger partial charge in [-0.05, 0) is 43.7 Å². The van der Waals surface area contributed by atoms with Crippen LogP contribution in [0.25, 0.3) is 0 Å². The minimum atomic E-state index is -3.56. The monoisotopic (exact) mass is 498 g/mol. The molecule has 1 N–H and O–H groups in total. The average molecular weight is 499 g/mol. The fourth-order valence-corrected chi connectivity index (χ4v) is 6.79. The topological polar surface area (TPSA) is 82.6 Å². The van der Waals surface area contributed by atoms with Gasteiger partial charge in [0.2, 0.25) is 10.0 Å². The summed E-state index contributed by atoms with van der Waals surface area (Å²) in [5.41, 5.74) is 1.49. The van der Waals surface area contributed by atoms with E-state index in [4.69, 9.17) is 0 Å². The van der Waals surface area contributed by atoms with Crippen molar-refractivity contribution < 1.29 is 13.2 Å². The number of carbonyl (C=O) groups excluding carboxylic acids is 1. The molecule has 0 spiro atoms. The number of nitrogens with one attached hydrogen (secondary N) is 1. The molecule has 1 aliphatic heterocycles. The van der Waals surface area contributed by atoms with E-state index in [9.17, 15) is 13.2 Å². The summed E-state index contributed by atoms with van der Waals surface area (Å²) in [6, 6.07) is 6.25. The van der Waals surface area contributed by atoms with Gasteiger partial charge in [0, 0.05) is 43.0 Å². The van der Waals surface area contributed by atoms with E-state index in [-0.39, 0.29) is 29.3 Å². The number of hydrogen-bond acceptors (Lipinski definition) is 6. The van der Waals surface area contributed by atoms with Crippen LogP contribution in [0.3, 0.4) is 0 Å². The van der Waals surface area contributed by atoms with Crippen LogP contribution in [-0.4, -0.2) is 54.7 Å². The van der Waals surface area contributed by atoms with Gasteiger partial charge in [-0.2, -0.15) is 4.31 Å². The van der Waals surface area contributed by atoms with Crippen LogP contribution in [0, 0.1) is 0 Å². The van der Waals surface area contributed by atoms with Crippen LogP contribution in [0.15, 0.2) is 29.2 Å². The van der Waals surface area contributed by atoms with E-state index in [0.717, 1.165) is 57.4 Å². The summed E-state index contributed by atoms with van der Waals surface area (Å²) in [5.74, 6) is -0.275. The van der Waals surface area contributed by atoms with Crippen molar-refractivity contribution >= 4 is 44.8 Å². The molecule has 2 aliphatic rings. The van der Waals surface area contributed by atoms with Gasteiger partial charge < -0.3 is 0 Å². The van der Waals surface area contributed by atoms with Crippen LogP contribution in [0.4, 0.5) is 5.13 Å². The molecule has 10 heteroatoms. The first-order valence-electron chi connectivity index (χ1n) is 11.0. The lowest BCUT2D eigenvalue weighted by atomic mass is 9.96. The average Bonchev–Trinajstić information content (AvgIpc) is 3.20. The molecule has 0 atom stereocenters. The van der Waals surface area contributed by atoms with Crippen molar-refractivity contribution in [1.29, 1.82) is 0 Å². The first-order valence-corrected chi connectivity index (χ1v) is 13.2. The molecular formula is C22H31ClN4O3S2. The van der Waals surface area contributed by atoms with Crippen molar-refractivity contribution in [1.82, 2.24) is 14.2 Å². The first-order chi connectivity index (χ1) is 14.9. The predicted molar refractivity (Wildman–Crippen MR) is 130 cm³/mol. The standard InChI is InChI=1S/C22H30N4O3S2.ClH/c1-3-26-14-13-19-20(15-26)30-22(23-19)24-21(27)16-9-11-18(12-10-16)31(28,29)25(2)17-7-5-4-6-8-17;/h9-12,17H,3-8,13-15H2,1-2H3,(H,23,24,27);1H. The lowest BCUT2D eigenvalue weighted by molar-refractivity contribution is 0.102. The summed E-state index contributed by atoms with van der Waals surface area (Å²) in [6.45, 7) is 5.02. The van der Waals surface area contributed by atoms with Gasteiger partial charge in [0.1, 0.15) is 0 Å². The number of hydrogen-bond donors (Lipinski definition) is 1. The van der Waals surface area contributed by atoms with Gasteiger partial charge in [-0.1, -0.05) is 26.2 Å². The molecule has 7 nitrogen and oxygen atoms in total. The smallest absolute Gasteiger partial charge is 0.257 e. The van der Waals surface area contributed by atoms with Crippen molar-refractivity contribution in [3.8, 4) is 0 Å². The Hall–Kier alpha value is -1.52. The van der Waals surface area contributed by atoms with Crippen LogP contribution in [0.5, 0.6) is 0 Å². The van der Waals surface area contributed by atoms with Gasteiger partial charge in [0.25, 0.3) is 5.91 Å². The minimum absolute atomic E-state index is 0. The fraction of sp³-hybridized carbons (Fsp3) is 0.545. The Kier molecular flexibility index (Phi) is 8.32. The number of rotatable bonds is 6. The fourth-order valence-electron chi connectivity index (χ4n) is 4.33. The van der Waals surface area contributed by atoms with Crippen LogP contribution < -0.4 is 5.32 Å². The summed E-state index contributed by atoms with van der Waals surface area (Å²) in [4.78, 5) is 21.0. The number of halogens is 1. The predicted octanol–water partition coefficient (Wildman–Crippen LogP) is 4.15. The highest BCUT2D eigenvalue weighted by Gasteiger charge is 2.29.